The van der Waals surface area contributed by atoms with E-state index in [9.17, 15) is 9.90 Å². The van der Waals surface area contributed by atoms with Crippen molar-refractivity contribution in [3.63, 3.8) is 0 Å². The summed E-state index contributed by atoms with van der Waals surface area (Å²) >= 11 is 0. The van der Waals surface area contributed by atoms with Crippen LogP contribution in [0.4, 0.5) is 5.69 Å². The number of nitrogens with zero attached hydrogens (tertiary/aromatic N) is 1. The van der Waals surface area contributed by atoms with Gasteiger partial charge in [0, 0.05) is 17.4 Å². The van der Waals surface area contributed by atoms with E-state index in [0.717, 1.165) is 22.4 Å². The van der Waals surface area contributed by atoms with Crippen LogP contribution in [-0.2, 0) is 11.2 Å². The molecule has 0 fully saturated rings. The SMILES string of the molecule is O=C1Cc2cc(-c3cncc(O)c3)ccc2N1. The summed E-state index contributed by atoms with van der Waals surface area (Å²) in [7, 11) is 0. The lowest BCUT2D eigenvalue weighted by molar-refractivity contribution is -0.115. The predicted molar refractivity (Wildman–Crippen MR) is 63.7 cm³/mol. The Morgan fingerprint density at radius 1 is 1.18 bits per heavy atom. The first-order chi connectivity index (χ1) is 8.22. The van der Waals surface area contributed by atoms with Crippen LogP contribution >= 0.6 is 0 Å². The van der Waals surface area contributed by atoms with Gasteiger partial charge in [-0.25, -0.2) is 0 Å². The monoisotopic (exact) mass is 226 g/mol. The lowest BCUT2D eigenvalue weighted by Crippen LogP contribution is -2.03. The molecule has 4 nitrogen and oxygen atoms in total. The molecule has 4 heteroatoms. The highest BCUT2D eigenvalue weighted by Crippen LogP contribution is 2.29. The molecule has 1 aliphatic heterocycles. The third-order valence-electron chi connectivity index (χ3n) is 2.79. The summed E-state index contributed by atoms with van der Waals surface area (Å²) in [6, 6.07) is 7.38. The zero-order valence-corrected chi connectivity index (χ0v) is 8.97. The Kier molecular flexibility index (Phi) is 2.08. The van der Waals surface area contributed by atoms with Gasteiger partial charge in [-0.2, -0.15) is 0 Å². The van der Waals surface area contributed by atoms with Crippen LogP contribution in [-0.4, -0.2) is 16.0 Å². The number of pyridine rings is 1. The average Bonchev–Trinajstić information content (AvgIpc) is 2.68. The third-order valence-corrected chi connectivity index (χ3v) is 2.79. The Morgan fingerprint density at radius 3 is 2.88 bits per heavy atom. The smallest absolute Gasteiger partial charge is 0.228 e. The van der Waals surface area contributed by atoms with Gasteiger partial charge in [-0.1, -0.05) is 6.07 Å². The van der Waals surface area contributed by atoms with E-state index < -0.39 is 0 Å². The molecule has 2 N–H and O–H groups in total. The molecule has 0 saturated heterocycles. The molecule has 84 valence electrons. The lowest BCUT2D eigenvalue weighted by atomic mass is 10.0. The van der Waals surface area contributed by atoms with Crippen molar-refractivity contribution in [1.29, 1.82) is 0 Å². The number of carbonyl (C=O) groups excluding carboxylic acids is 1. The first-order valence-corrected chi connectivity index (χ1v) is 5.29. The van der Waals surface area contributed by atoms with Gasteiger partial charge in [0.05, 0.1) is 12.6 Å². The van der Waals surface area contributed by atoms with E-state index in [4.69, 9.17) is 0 Å². The molecule has 1 aliphatic rings. The number of rotatable bonds is 1. The minimum atomic E-state index is 0.0196. The van der Waals surface area contributed by atoms with Crippen LogP contribution in [0.25, 0.3) is 11.1 Å². The quantitative estimate of drug-likeness (QED) is 0.781. The van der Waals surface area contributed by atoms with Crippen molar-refractivity contribution < 1.29 is 9.90 Å². The van der Waals surface area contributed by atoms with E-state index >= 15 is 0 Å². The molecule has 1 aromatic carbocycles. The second kappa shape index (κ2) is 3.59. The molecule has 0 unspecified atom stereocenters. The Morgan fingerprint density at radius 2 is 2.06 bits per heavy atom. The van der Waals surface area contributed by atoms with Gasteiger partial charge in [-0.15, -0.1) is 0 Å². The van der Waals surface area contributed by atoms with Crippen molar-refractivity contribution in [2.24, 2.45) is 0 Å². The summed E-state index contributed by atoms with van der Waals surface area (Å²) in [4.78, 5) is 15.2. The van der Waals surface area contributed by atoms with Crippen molar-refractivity contribution in [2.45, 2.75) is 6.42 Å². The van der Waals surface area contributed by atoms with Crippen molar-refractivity contribution in [2.75, 3.05) is 5.32 Å². The number of nitrogens with one attached hydrogen (secondary N) is 1. The number of anilines is 1. The second-order valence-corrected chi connectivity index (χ2v) is 4.03. The van der Waals surface area contributed by atoms with Gasteiger partial charge in [0.1, 0.15) is 5.75 Å². The summed E-state index contributed by atoms with van der Waals surface area (Å²) in [5.41, 5.74) is 3.64. The van der Waals surface area contributed by atoms with Crippen molar-refractivity contribution >= 4 is 11.6 Å². The molecule has 2 heterocycles. The van der Waals surface area contributed by atoms with Gasteiger partial charge in [0.15, 0.2) is 0 Å². The molecular weight excluding hydrogens is 216 g/mol. The largest absolute Gasteiger partial charge is 0.506 e. The third kappa shape index (κ3) is 1.73. The van der Waals surface area contributed by atoms with Gasteiger partial charge in [-0.3, -0.25) is 9.78 Å². The number of hydrogen-bond donors (Lipinski definition) is 2. The number of aromatic nitrogens is 1. The van der Waals surface area contributed by atoms with Crippen molar-refractivity contribution in [3.05, 3.63) is 42.2 Å². The van der Waals surface area contributed by atoms with Crippen LogP contribution in [0.5, 0.6) is 5.75 Å². The number of fused-ring (bicyclic) bond motifs is 1. The summed E-state index contributed by atoms with van der Waals surface area (Å²) in [5, 5.41) is 12.2. The normalized spacial score (nSPS) is 13.3. The van der Waals surface area contributed by atoms with E-state index in [1.165, 1.54) is 6.20 Å². The van der Waals surface area contributed by atoms with E-state index in [1.807, 2.05) is 18.2 Å². The van der Waals surface area contributed by atoms with Crippen LogP contribution in [0, 0.1) is 0 Å². The van der Waals surface area contributed by atoms with Gasteiger partial charge in [0.2, 0.25) is 5.91 Å². The number of carbonyl (C=O) groups is 1. The minimum absolute atomic E-state index is 0.0196. The molecule has 3 rings (SSSR count). The van der Waals surface area contributed by atoms with Crippen LogP contribution in [0.15, 0.2) is 36.7 Å². The van der Waals surface area contributed by atoms with E-state index in [1.54, 1.807) is 12.3 Å². The van der Waals surface area contributed by atoms with Crippen LogP contribution in [0.1, 0.15) is 5.56 Å². The molecule has 0 radical (unpaired) electrons. The average molecular weight is 226 g/mol. The maximum absolute atomic E-state index is 11.2. The van der Waals surface area contributed by atoms with Crippen molar-refractivity contribution in [3.8, 4) is 16.9 Å². The molecule has 17 heavy (non-hydrogen) atoms. The Balaban J connectivity index is 2.06. The van der Waals surface area contributed by atoms with Crippen molar-refractivity contribution in [1.82, 2.24) is 4.98 Å². The van der Waals surface area contributed by atoms with Crippen LogP contribution in [0.2, 0.25) is 0 Å². The topological polar surface area (TPSA) is 62.2 Å². The maximum atomic E-state index is 11.2. The number of benzene rings is 1. The molecular formula is C13H10N2O2. The fraction of sp³-hybridized carbons (Fsp3) is 0.0769. The second-order valence-electron chi connectivity index (χ2n) is 4.03. The Labute approximate surface area is 97.9 Å². The minimum Gasteiger partial charge on any atom is -0.506 e. The summed E-state index contributed by atoms with van der Waals surface area (Å²) in [6.45, 7) is 0. The molecule has 2 aromatic rings. The van der Waals surface area contributed by atoms with Gasteiger partial charge < -0.3 is 10.4 Å². The molecule has 0 bridgehead atoms. The molecule has 0 saturated carbocycles. The first-order valence-electron chi connectivity index (χ1n) is 5.29. The standard InChI is InChI=1S/C13H10N2O2/c16-11-4-10(6-14-7-11)8-1-2-12-9(3-8)5-13(17)15-12/h1-4,6-7,16H,5H2,(H,15,17). The van der Waals surface area contributed by atoms with Gasteiger partial charge in [-0.05, 0) is 29.3 Å². The van der Waals surface area contributed by atoms with E-state index in [-0.39, 0.29) is 11.7 Å². The van der Waals surface area contributed by atoms with Gasteiger partial charge >= 0.3 is 0 Å². The zero-order valence-electron chi connectivity index (χ0n) is 8.97. The first kappa shape index (κ1) is 9.84. The lowest BCUT2D eigenvalue weighted by Gasteiger charge is -2.04. The molecule has 1 amide bonds. The molecule has 0 atom stereocenters. The van der Waals surface area contributed by atoms with Crippen LogP contribution < -0.4 is 5.32 Å². The highest BCUT2D eigenvalue weighted by Gasteiger charge is 2.17. The number of aromatic hydroxyl groups is 1. The predicted octanol–water partition coefficient (Wildman–Crippen LogP) is 1.95. The molecule has 0 spiro atoms. The molecule has 1 aromatic heterocycles. The number of hydrogen-bond acceptors (Lipinski definition) is 3. The number of amides is 1. The fourth-order valence-corrected chi connectivity index (χ4v) is 1.99. The van der Waals surface area contributed by atoms with E-state index in [0.29, 0.717) is 6.42 Å². The highest BCUT2D eigenvalue weighted by molar-refractivity contribution is 5.99. The Bertz CT molecular complexity index is 608. The maximum Gasteiger partial charge on any atom is 0.228 e. The zero-order chi connectivity index (χ0) is 11.8. The summed E-state index contributed by atoms with van der Waals surface area (Å²) < 4.78 is 0. The summed E-state index contributed by atoms with van der Waals surface area (Å²) in [6.07, 6.45) is 3.49. The Hall–Kier alpha value is -2.36. The highest BCUT2D eigenvalue weighted by atomic mass is 16.3. The van der Waals surface area contributed by atoms with Crippen LogP contribution in [0.3, 0.4) is 0 Å². The van der Waals surface area contributed by atoms with Gasteiger partial charge in [0.25, 0.3) is 0 Å². The molecule has 0 aliphatic carbocycles. The summed E-state index contributed by atoms with van der Waals surface area (Å²) in [5.74, 6) is 0.156. The van der Waals surface area contributed by atoms with E-state index in [2.05, 4.69) is 10.3 Å². The fourth-order valence-electron chi connectivity index (χ4n) is 1.99.